The van der Waals surface area contributed by atoms with Gasteiger partial charge in [-0.2, -0.15) is 0 Å². The first-order valence-corrected chi connectivity index (χ1v) is 7.52. The summed E-state index contributed by atoms with van der Waals surface area (Å²) in [5.41, 5.74) is 6.39. The Morgan fingerprint density at radius 2 is 2.05 bits per heavy atom. The molecule has 0 saturated heterocycles. The lowest BCUT2D eigenvalue weighted by Gasteiger charge is -2.32. The fraction of sp³-hybridized carbons (Fsp3) is 0.533. The van der Waals surface area contributed by atoms with E-state index in [2.05, 4.69) is 13.8 Å². The number of halogens is 1. The van der Waals surface area contributed by atoms with Gasteiger partial charge in [-0.25, -0.2) is 0 Å². The number of rotatable bonds is 3. The molecule has 1 aromatic rings. The molecule has 0 radical (unpaired) electrons. The largest absolute Gasteiger partial charge is 0.490 e. The molecule has 4 heteroatoms. The number of thiocarbonyl (C=S) groups is 1. The molecule has 1 aromatic carbocycles. The first-order valence-electron chi connectivity index (χ1n) is 6.74. The minimum atomic E-state index is 0.234. The van der Waals surface area contributed by atoms with Crippen molar-refractivity contribution in [3.05, 3.63) is 28.8 Å². The second-order valence-electron chi connectivity index (χ2n) is 5.48. The second-order valence-corrected chi connectivity index (χ2v) is 6.33. The van der Waals surface area contributed by atoms with Gasteiger partial charge in [0, 0.05) is 0 Å². The molecule has 2 rings (SSSR count). The lowest BCUT2D eigenvalue weighted by Crippen LogP contribution is -2.29. The standard InChI is InChI=1S/C15H20ClNOS/c1-9-6-7-11(8-10(9)2)18-13-5-3-4-12(16)14(13)15(17)19/h3-5,9-11H,6-8H2,1-2H3,(H2,17,19). The SMILES string of the molecule is CC1CCC(Oc2cccc(Cl)c2C(N)=S)CC1C. The summed E-state index contributed by atoms with van der Waals surface area (Å²) in [6.07, 6.45) is 3.59. The molecule has 2 N–H and O–H groups in total. The summed E-state index contributed by atoms with van der Waals surface area (Å²) in [4.78, 5) is 0.290. The van der Waals surface area contributed by atoms with Gasteiger partial charge in [0.1, 0.15) is 10.7 Å². The third-order valence-electron chi connectivity index (χ3n) is 4.07. The van der Waals surface area contributed by atoms with E-state index in [-0.39, 0.29) is 11.1 Å². The summed E-state index contributed by atoms with van der Waals surface area (Å²) < 4.78 is 6.10. The van der Waals surface area contributed by atoms with Crippen LogP contribution in [0.4, 0.5) is 0 Å². The van der Waals surface area contributed by atoms with Crippen LogP contribution in [0.2, 0.25) is 5.02 Å². The first-order chi connectivity index (χ1) is 8.99. The van der Waals surface area contributed by atoms with Crippen molar-refractivity contribution >= 4 is 28.8 Å². The summed E-state index contributed by atoms with van der Waals surface area (Å²) >= 11 is 11.2. The zero-order chi connectivity index (χ0) is 14.0. The van der Waals surface area contributed by atoms with Gasteiger partial charge in [0.25, 0.3) is 0 Å². The lowest BCUT2D eigenvalue weighted by molar-refractivity contribution is 0.100. The van der Waals surface area contributed by atoms with Gasteiger partial charge < -0.3 is 10.5 Å². The molecule has 0 aromatic heterocycles. The molecule has 104 valence electrons. The molecular weight excluding hydrogens is 278 g/mol. The number of nitrogens with two attached hydrogens (primary N) is 1. The molecule has 1 fully saturated rings. The molecule has 3 atom stereocenters. The van der Waals surface area contributed by atoms with Crippen LogP contribution in [0.5, 0.6) is 5.75 Å². The van der Waals surface area contributed by atoms with Gasteiger partial charge in [0.15, 0.2) is 0 Å². The molecule has 0 aliphatic heterocycles. The summed E-state index contributed by atoms with van der Waals surface area (Å²) in [6, 6.07) is 5.55. The molecule has 1 aliphatic carbocycles. The van der Waals surface area contributed by atoms with E-state index in [1.54, 1.807) is 6.07 Å². The molecule has 1 saturated carbocycles. The van der Waals surface area contributed by atoms with Gasteiger partial charge in [0.2, 0.25) is 0 Å². The van der Waals surface area contributed by atoms with Crippen LogP contribution in [0.3, 0.4) is 0 Å². The van der Waals surface area contributed by atoms with Crippen molar-refractivity contribution in [3.8, 4) is 5.75 Å². The molecule has 0 heterocycles. The second kappa shape index (κ2) is 6.10. The average molecular weight is 298 g/mol. The van der Waals surface area contributed by atoms with Crippen molar-refractivity contribution in [1.29, 1.82) is 0 Å². The van der Waals surface area contributed by atoms with Crippen LogP contribution in [0.25, 0.3) is 0 Å². The molecular formula is C15H20ClNOS. The molecule has 0 spiro atoms. The van der Waals surface area contributed by atoms with Gasteiger partial charge >= 0.3 is 0 Å². The summed E-state index contributed by atoms with van der Waals surface area (Å²) in [5.74, 6) is 2.17. The summed E-state index contributed by atoms with van der Waals surface area (Å²) in [7, 11) is 0. The lowest BCUT2D eigenvalue weighted by atomic mass is 9.80. The minimum Gasteiger partial charge on any atom is -0.490 e. The van der Waals surface area contributed by atoms with Crippen LogP contribution in [-0.4, -0.2) is 11.1 Å². The number of ether oxygens (including phenoxy) is 1. The summed E-state index contributed by atoms with van der Waals surface area (Å²) in [6.45, 7) is 4.59. The molecule has 19 heavy (non-hydrogen) atoms. The Kier molecular flexibility index (Phi) is 4.69. The van der Waals surface area contributed by atoms with E-state index in [1.807, 2.05) is 12.1 Å². The van der Waals surface area contributed by atoms with E-state index < -0.39 is 0 Å². The zero-order valence-corrected chi connectivity index (χ0v) is 12.9. The van der Waals surface area contributed by atoms with E-state index in [1.165, 1.54) is 6.42 Å². The highest BCUT2D eigenvalue weighted by Gasteiger charge is 2.26. The van der Waals surface area contributed by atoms with Crippen LogP contribution in [0, 0.1) is 11.8 Å². The molecule has 1 aliphatic rings. The highest BCUT2D eigenvalue weighted by Crippen LogP contribution is 2.34. The van der Waals surface area contributed by atoms with E-state index in [9.17, 15) is 0 Å². The summed E-state index contributed by atoms with van der Waals surface area (Å²) in [5, 5.41) is 0.558. The van der Waals surface area contributed by atoms with Crippen LogP contribution in [-0.2, 0) is 0 Å². The highest BCUT2D eigenvalue weighted by molar-refractivity contribution is 7.80. The Labute approximate surface area is 125 Å². The maximum absolute atomic E-state index is 6.15. The third kappa shape index (κ3) is 3.40. The molecule has 2 nitrogen and oxygen atoms in total. The fourth-order valence-corrected chi connectivity index (χ4v) is 3.16. The van der Waals surface area contributed by atoms with Crippen molar-refractivity contribution in [3.63, 3.8) is 0 Å². The predicted molar refractivity (Wildman–Crippen MR) is 83.9 cm³/mol. The Bertz CT molecular complexity index is 477. The minimum absolute atomic E-state index is 0.234. The predicted octanol–water partition coefficient (Wildman–Crippen LogP) is 4.18. The Morgan fingerprint density at radius 1 is 1.32 bits per heavy atom. The van der Waals surface area contributed by atoms with Crippen molar-refractivity contribution in [2.45, 2.75) is 39.2 Å². The topological polar surface area (TPSA) is 35.2 Å². The van der Waals surface area contributed by atoms with Crippen molar-refractivity contribution in [2.75, 3.05) is 0 Å². The van der Waals surface area contributed by atoms with Crippen molar-refractivity contribution in [2.24, 2.45) is 17.6 Å². The maximum atomic E-state index is 6.15. The highest BCUT2D eigenvalue weighted by atomic mass is 35.5. The number of hydrogen-bond donors (Lipinski definition) is 1. The molecule has 3 unspecified atom stereocenters. The van der Waals surface area contributed by atoms with Crippen molar-refractivity contribution in [1.82, 2.24) is 0 Å². The van der Waals surface area contributed by atoms with Gasteiger partial charge in [0.05, 0.1) is 16.7 Å². The molecule has 0 bridgehead atoms. The monoisotopic (exact) mass is 297 g/mol. The quantitative estimate of drug-likeness (QED) is 0.850. The van der Waals surface area contributed by atoms with Gasteiger partial charge in [-0.05, 0) is 43.2 Å². The van der Waals surface area contributed by atoms with Crippen LogP contribution < -0.4 is 10.5 Å². The van der Waals surface area contributed by atoms with E-state index in [4.69, 9.17) is 34.3 Å². The van der Waals surface area contributed by atoms with E-state index in [0.717, 1.165) is 18.8 Å². The first kappa shape index (κ1) is 14.6. The normalized spacial score (nSPS) is 27.0. The van der Waals surface area contributed by atoms with Gasteiger partial charge in [-0.15, -0.1) is 0 Å². The van der Waals surface area contributed by atoms with Gasteiger partial charge in [-0.3, -0.25) is 0 Å². The van der Waals surface area contributed by atoms with E-state index in [0.29, 0.717) is 22.3 Å². The van der Waals surface area contributed by atoms with Crippen LogP contribution in [0.15, 0.2) is 18.2 Å². The zero-order valence-electron chi connectivity index (χ0n) is 11.4. The number of hydrogen-bond acceptors (Lipinski definition) is 2. The van der Waals surface area contributed by atoms with Crippen molar-refractivity contribution < 1.29 is 4.74 Å². The Balaban J connectivity index is 2.15. The fourth-order valence-electron chi connectivity index (χ4n) is 2.63. The maximum Gasteiger partial charge on any atom is 0.131 e. The van der Waals surface area contributed by atoms with Crippen LogP contribution in [0.1, 0.15) is 38.7 Å². The number of benzene rings is 1. The average Bonchev–Trinajstić information content (AvgIpc) is 2.33. The Hall–Kier alpha value is -0.800. The molecule has 0 amide bonds. The Morgan fingerprint density at radius 3 is 2.68 bits per heavy atom. The smallest absolute Gasteiger partial charge is 0.131 e. The van der Waals surface area contributed by atoms with Crippen LogP contribution >= 0.6 is 23.8 Å². The van der Waals surface area contributed by atoms with Gasteiger partial charge in [-0.1, -0.05) is 43.7 Å². The third-order valence-corrected chi connectivity index (χ3v) is 4.58. The van der Waals surface area contributed by atoms with E-state index >= 15 is 0 Å².